The zero-order valence-electron chi connectivity index (χ0n) is 6.31. The monoisotopic (exact) mass is 169 g/mol. The number of nitrogens with zero attached hydrogens (tertiary/aromatic N) is 1. The van der Waals surface area contributed by atoms with Crippen LogP contribution in [0.3, 0.4) is 0 Å². The van der Waals surface area contributed by atoms with Crippen molar-refractivity contribution in [1.29, 1.82) is 0 Å². The van der Waals surface area contributed by atoms with Crippen molar-refractivity contribution in [2.24, 2.45) is 0 Å². The van der Waals surface area contributed by atoms with Gasteiger partial charge in [-0.3, -0.25) is 0 Å². The quantitative estimate of drug-likeness (QED) is 0.673. The Balaban J connectivity index is 3.17. The lowest BCUT2D eigenvalue weighted by Crippen LogP contribution is -2.01. The van der Waals surface area contributed by atoms with Crippen molar-refractivity contribution >= 4 is 5.97 Å². The first kappa shape index (κ1) is 8.32. The highest BCUT2D eigenvalue weighted by molar-refractivity contribution is 5.88. The fourth-order valence-electron chi connectivity index (χ4n) is 0.705. The number of hydrogen-bond donors (Lipinski definition) is 2. The van der Waals surface area contributed by atoms with Crippen LogP contribution in [0, 0.1) is 0 Å². The fraction of sp³-hybridized carbons (Fsp3) is 0.143. The van der Waals surface area contributed by atoms with Gasteiger partial charge in [-0.2, -0.15) is 0 Å². The molecule has 0 fully saturated rings. The first-order chi connectivity index (χ1) is 5.65. The van der Waals surface area contributed by atoms with Crippen molar-refractivity contribution in [3.05, 3.63) is 17.8 Å². The van der Waals surface area contributed by atoms with E-state index in [0.29, 0.717) is 0 Å². The number of aromatic nitrogens is 1. The summed E-state index contributed by atoms with van der Waals surface area (Å²) in [6.07, 6.45) is 0. The van der Waals surface area contributed by atoms with Gasteiger partial charge in [0.1, 0.15) is 5.75 Å². The molecular formula is C7H7NO4. The molecule has 0 aliphatic heterocycles. The third kappa shape index (κ3) is 1.45. The van der Waals surface area contributed by atoms with Crippen LogP contribution in [0.15, 0.2) is 12.1 Å². The molecule has 12 heavy (non-hydrogen) atoms. The molecule has 0 atom stereocenters. The Hall–Kier alpha value is -1.78. The summed E-state index contributed by atoms with van der Waals surface area (Å²) < 4.78 is 4.67. The summed E-state index contributed by atoms with van der Waals surface area (Å²) in [5, 5.41) is 17.5. The molecule has 2 N–H and O–H groups in total. The van der Waals surface area contributed by atoms with E-state index < -0.39 is 11.7 Å². The van der Waals surface area contributed by atoms with Crippen LogP contribution in [-0.2, 0) is 0 Å². The highest BCUT2D eigenvalue weighted by atomic mass is 16.5. The Kier molecular flexibility index (Phi) is 2.14. The number of methoxy groups -OCH3 is 1. The number of carboxylic acids is 1. The predicted octanol–water partition coefficient (Wildman–Crippen LogP) is 0.494. The first-order valence-corrected chi connectivity index (χ1v) is 3.12. The summed E-state index contributed by atoms with van der Waals surface area (Å²) in [6.45, 7) is 0. The van der Waals surface area contributed by atoms with Crippen molar-refractivity contribution < 1.29 is 19.7 Å². The Morgan fingerprint density at radius 2 is 2.25 bits per heavy atom. The van der Waals surface area contributed by atoms with Gasteiger partial charge in [0, 0.05) is 6.07 Å². The van der Waals surface area contributed by atoms with Gasteiger partial charge < -0.3 is 14.9 Å². The molecule has 0 spiro atoms. The van der Waals surface area contributed by atoms with Gasteiger partial charge >= 0.3 is 5.97 Å². The lowest BCUT2D eigenvalue weighted by molar-refractivity contribution is 0.0686. The summed E-state index contributed by atoms with van der Waals surface area (Å²) >= 11 is 0. The molecular weight excluding hydrogens is 162 g/mol. The largest absolute Gasteiger partial charge is 0.505 e. The van der Waals surface area contributed by atoms with Crippen LogP contribution < -0.4 is 4.74 Å². The van der Waals surface area contributed by atoms with Crippen molar-refractivity contribution in [1.82, 2.24) is 4.98 Å². The average molecular weight is 169 g/mol. The van der Waals surface area contributed by atoms with Crippen molar-refractivity contribution in [3.8, 4) is 11.6 Å². The second-order valence-electron chi connectivity index (χ2n) is 2.03. The van der Waals surface area contributed by atoms with Crippen molar-refractivity contribution in [2.45, 2.75) is 0 Å². The number of pyridine rings is 1. The number of carboxylic acid groups (broad SMARTS) is 1. The Morgan fingerprint density at radius 3 is 2.75 bits per heavy atom. The van der Waals surface area contributed by atoms with E-state index in [1.54, 1.807) is 0 Å². The van der Waals surface area contributed by atoms with E-state index in [1.165, 1.54) is 19.2 Å². The summed E-state index contributed by atoms with van der Waals surface area (Å²) in [5.41, 5.74) is -0.408. The summed E-state index contributed by atoms with van der Waals surface area (Å²) in [7, 11) is 1.37. The standard InChI is InChI=1S/C7H7NO4/c1-12-5-3-2-4(9)6(8-5)7(10)11/h2-3,9H,1H3,(H,10,11). The zero-order chi connectivity index (χ0) is 9.14. The second kappa shape index (κ2) is 3.08. The molecule has 64 valence electrons. The molecule has 0 saturated heterocycles. The summed E-state index contributed by atoms with van der Waals surface area (Å²) in [4.78, 5) is 13.9. The Bertz CT molecular complexity index is 310. The lowest BCUT2D eigenvalue weighted by Gasteiger charge is -2.00. The maximum Gasteiger partial charge on any atom is 0.358 e. The normalized spacial score (nSPS) is 9.42. The van der Waals surface area contributed by atoms with Gasteiger partial charge in [0.15, 0.2) is 5.69 Å². The van der Waals surface area contributed by atoms with Crippen LogP contribution in [0.2, 0.25) is 0 Å². The lowest BCUT2D eigenvalue weighted by atomic mass is 10.3. The number of rotatable bonds is 2. The van der Waals surface area contributed by atoms with Gasteiger partial charge in [-0.1, -0.05) is 0 Å². The van der Waals surface area contributed by atoms with E-state index in [9.17, 15) is 4.79 Å². The average Bonchev–Trinajstić information content (AvgIpc) is 2.05. The molecule has 5 heteroatoms. The molecule has 1 rings (SSSR count). The van der Waals surface area contributed by atoms with E-state index in [4.69, 9.17) is 10.2 Å². The Morgan fingerprint density at radius 1 is 1.58 bits per heavy atom. The molecule has 0 amide bonds. The van der Waals surface area contributed by atoms with Gasteiger partial charge in [0.2, 0.25) is 5.88 Å². The van der Waals surface area contributed by atoms with Crippen LogP contribution in [0.4, 0.5) is 0 Å². The first-order valence-electron chi connectivity index (χ1n) is 3.12. The van der Waals surface area contributed by atoms with E-state index in [-0.39, 0.29) is 11.6 Å². The molecule has 0 aliphatic rings. The van der Waals surface area contributed by atoms with Gasteiger partial charge in [-0.25, -0.2) is 9.78 Å². The molecule has 0 saturated carbocycles. The molecule has 0 unspecified atom stereocenters. The molecule has 1 aromatic rings. The van der Waals surface area contributed by atoms with Gasteiger partial charge in [-0.15, -0.1) is 0 Å². The van der Waals surface area contributed by atoms with Gasteiger partial charge in [0.05, 0.1) is 7.11 Å². The third-order valence-corrected chi connectivity index (χ3v) is 1.26. The minimum absolute atomic E-state index is 0.158. The minimum Gasteiger partial charge on any atom is -0.505 e. The van der Waals surface area contributed by atoms with Crippen molar-refractivity contribution in [3.63, 3.8) is 0 Å². The van der Waals surface area contributed by atoms with E-state index >= 15 is 0 Å². The molecule has 0 aromatic carbocycles. The van der Waals surface area contributed by atoms with Crippen LogP contribution in [0.5, 0.6) is 11.6 Å². The smallest absolute Gasteiger partial charge is 0.358 e. The van der Waals surface area contributed by atoms with Crippen LogP contribution in [0.1, 0.15) is 10.5 Å². The number of hydrogen-bond acceptors (Lipinski definition) is 4. The summed E-state index contributed by atoms with van der Waals surface area (Å²) in [5.74, 6) is -1.50. The SMILES string of the molecule is COc1ccc(O)c(C(=O)O)n1. The topological polar surface area (TPSA) is 79.7 Å². The van der Waals surface area contributed by atoms with Crippen LogP contribution >= 0.6 is 0 Å². The molecule has 0 radical (unpaired) electrons. The summed E-state index contributed by atoms with van der Waals surface area (Å²) in [6, 6.07) is 2.59. The number of aromatic hydroxyl groups is 1. The van der Waals surface area contributed by atoms with Gasteiger partial charge in [-0.05, 0) is 6.07 Å². The Labute approximate surface area is 68.2 Å². The van der Waals surface area contributed by atoms with Crippen LogP contribution in [0.25, 0.3) is 0 Å². The molecule has 0 bridgehead atoms. The van der Waals surface area contributed by atoms with Crippen molar-refractivity contribution in [2.75, 3.05) is 7.11 Å². The number of ether oxygens (including phenoxy) is 1. The van der Waals surface area contributed by atoms with Gasteiger partial charge in [0.25, 0.3) is 0 Å². The zero-order valence-corrected chi connectivity index (χ0v) is 6.31. The number of aromatic carboxylic acids is 1. The predicted molar refractivity (Wildman–Crippen MR) is 39.4 cm³/mol. The maximum atomic E-state index is 10.4. The highest BCUT2D eigenvalue weighted by Crippen LogP contribution is 2.17. The minimum atomic E-state index is -1.29. The highest BCUT2D eigenvalue weighted by Gasteiger charge is 2.11. The molecule has 1 aromatic heterocycles. The third-order valence-electron chi connectivity index (χ3n) is 1.26. The molecule has 1 heterocycles. The molecule has 5 nitrogen and oxygen atoms in total. The molecule has 0 aliphatic carbocycles. The van der Waals surface area contributed by atoms with E-state index in [0.717, 1.165) is 0 Å². The number of carbonyl (C=O) groups is 1. The van der Waals surface area contributed by atoms with E-state index in [2.05, 4.69) is 9.72 Å². The van der Waals surface area contributed by atoms with Crippen LogP contribution in [-0.4, -0.2) is 28.3 Å². The van der Waals surface area contributed by atoms with E-state index in [1.807, 2.05) is 0 Å². The maximum absolute atomic E-state index is 10.4. The second-order valence-corrected chi connectivity index (χ2v) is 2.03. The fourth-order valence-corrected chi connectivity index (χ4v) is 0.705.